The lowest BCUT2D eigenvalue weighted by molar-refractivity contribution is 0.571. The van der Waals surface area contributed by atoms with Crippen LogP contribution < -0.4 is 11.1 Å². The molecule has 1 rings (SSSR count). The lowest BCUT2D eigenvalue weighted by Crippen LogP contribution is -2.33. The Kier molecular flexibility index (Phi) is 3.30. The molecule has 1 aromatic heterocycles. The van der Waals surface area contributed by atoms with E-state index in [0.29, 0.717) is 11.1 Å². The number of rotatable bonds is 3. The van der Waals surface area contributed by atoms with Gasteiger partial charge in [-0.25, -0.2) is 4.68 Å². The second kappa shape index (κ2) is 4.47. The zero-order valence-electron chi connectivity index (χ0n) is 8.52. The Balaban J connectivity index is 3.15. The Morgan fingerprint density at radius 3 is 2.67 bits per heavy atom. The summed E-state index contributed by atoms with van der Waals surface area (Å²) in [6, 6.07) is 0. The lowest BCUT2D eigenvalue weighted by atomic mass is 10.2. The smallest absolute Gasteiger partial charge is 0.268 e. The Morgan fingerprint density at radius 1 is 1.40 bits per heavy atom. The number of aromatic nitrogens is 2. The maximum atomic E-state index is 11.6. The van der Waals surface area contributed by atoms with E-state index in [4.69, 9.17) is 5.53 Å². The highest BCUT2D eigenvalue weighted by molar-refractivity contribution is 5.17. The van der Waals surface area contributed by atoms with Crippen LogP contribution in [0.3, 0.4) is 0 Å². The SMILES string of the molecule is Cc1c(C)c(=O)n(CCN=[N+]=[N-])[nH]c1=O. The van der Waals surface area contributed by atoms with Crippen LogP contribution in [-0.4, -0.2) is 16.3 Å². The fourth-order valence-electron chi connectivity index (χ4n) is 1.14. The number of azide groups is 1. The molecule has 0 saturated heterocycles. The normalized spacial score (nSPS) is 9.73. The summed E-state index contributed by atoms with van der Waals surface area (Å²) >= 11 is 0. The molecule has 0 bridgehead atoms. The van der Waals surface area contributed by atoms with Gasteiger partial charge in [0.15, 0.2) is 0 Å². The maximum absolute atomic E-state index is 11.6. The average Bonchev–Trinajstić information content (AvgIpc) is 2.23. The Hall–Kier alpha value is -2.01. The van der Waals surface area contributed by atoms with Gasteiger partial charge in [0.25, 0.3) is 11.1 Å². The molecule has 0 atom stereocenters. The highest BCUT2D eigenvalue weighted by atomic mass is 16.2. The molecule has 15 heavy (non-hydrogen) atoms. The van der Waals surface area contributed by atoms with Crippen molar-refractivity contribution < 1.29 is 0 Å². The van der Waals surface area contributed by atoms with Crippen molar-refractivity contribution in [2.24, 2.45) is 5.11 Å². The molecule has 0 spiro atoms. The third kappa shape index (κ3) is 2.26. The fourth-order valence-corrected chi connectivity index (χ4v) is 1.14. The van der Waals surface area contributed by atoms with Gasteiger partial charge in [-0.15, -0.1) is 0 Å². The van der Waals surface area contributed by atoms with Crippen LogP contribution in [-0.2, 0) is 6.54 Å². The van der Waals surface area contributed by atoms with Crippen molar-refractivity contribution >= 4 is 0 Å². The number of nitrogens with one attached hydrogen (secondary N) is 1. The van der Waals surface area contributed by atoms with Gasteiger partial charge in [-0.2, -0.15) is 0 Å². The minimum Gasteiger partial charge on any atom is -0.268 e. The summed E-state index contributed by atoms with van der Waals surface area (Å²) in [5.41, 5.74) is 8.34. The zero-order valence-corrected chi connectivity index (χ0v) is 8.52. The summed E-state index contributed by atoms with van der Waals surface area (Å²) in [4.78, 5) is 25.5. The van der Waals surface area contributed by atoms with Gasteiger partial charge in [0.05, 0.1) is 0 Å². The molecule has 1 N–H and O–H groups in total. The van der Waals surface area contributed by atoms with Crippen LogP contribution in [0.5, 0.6) is 0 Å². The molecule has 80 valence electrons. The molecule has 0 aromatic carbocycles. The zero-order chi connectivity index (χ0) is 11.4. The number of hydrogen-bond donors (Lipinski definition) is 1. The fraction of sp³-hybridized carbons (Fsp3) is 0.500. The molecule has 1 aromatic rings. The third-order valence-electron chi connectivity index (χ3n) is 2.19. The van der Waals surface area contributed by atoms with Gasteiger partial charge in [0.1, 0.15) is 0 Å². The van der Waals surface area contributed by atoms with Crippen molar-refractivity contribution in [2.45, 2.75) is 20.4 Å². The first kappa shape index (κ1) is 11.1. The van der Waals surface area contributed by atoms with Gasteiger partial charge in [0.2, 0.25) is 0 Å². The van der Waals surface area contributed by atoms with Crippen molar-refractivity contribution in [3.8, 4) is 0 Å². The first-order valence-electron chi connectivity index (χ1n) is 4.39. The van der Waals surface area contributed by atoms with E-state index >= 15 is 0 Å². The Morgan fingerprint density at radius 2 is 2.07 bits per heavy atom. The van der Waals surface area contributed by atoms with E-state index in [1.165, 1.54) is 0 Å². The predicted molar refractivity (Wildman–Crippen MR) is 54.8 cm³/mol. The van der Waals surface area contributed by atoms with Crippen LogP contribution in [0, 0.1) is 13.8 Å². The third-order valence-corrected chi connectivity index (χ3v) is 2.19. The van der Waals surface area contributed by atoms with Crippen LogP contribution in [0.4, 0.5) is 0 Å². The molecular weight excluding hydrogens is 198 g/mol. The number of hydrogen-bond acceptors (Lipinski definition) is 3. The monoisotopic (exact) mass is 209 g/mol. The largest absolute Gasteiger partial charge is 0.268 e. The molecule has 0 aliphatic heterocycles. The second-order valence-corrected chi connectivity index (χ2v) is 3.10. The molecule has 7 nitrogen and oxygen atoms in total. The molecule has 0 fully saturated rings. The lowest BCUT2D eigenvalue weighted by Gasteiger charge is -2.05. The first-order valence-corrected chi connectivity index (χ1v) is 4.39. The van der Waals surface area contributed by atoms with E-state index in [-0.39, 0.29) is 24.2 Å². The van der Waals surface area contributed by atoms with Crippen LogP contribution in [0.2, 0.25) is 0 Å². The van der Waals surface area contributed by atoms with E-state index in [2.05, 4.69) is 15.1 Å². The second-order valence-electron chi connectivity index (χ2n) is 3.10. The van der Waals surface area contributed by atoms with Crippen molar-refractivity contribution in [2.75, 3.05) is 6.54 Å². The van der Waals surface area contributed by atoms with Crippen molar-refractivity contribution in [1.82, 2.24) is 9.78 Å². The highest BCUT2D eigenvalue weighted by Gasteiger charge is 2.05. The number of aromatic amines is 1. The van der Waals surface area contributed by atoms with Crippen LogP contribution in [0.15, 0.2) is 14.7 Å². The molecule has 0 aliphatic carbocycles. The highest BCUT2D eigenvalue weighted by Crippen LogP contribution is 1.90. The summed E-state index contributed by atoms with van der Waals surface area (Å²) in [7, 11) is 0. The number of H-pyrrole nitrogens is 1. The minimum atomic E-state index is -0.298. The molecule has 7 heteroatoms. The van der Waals surface area contributed by atoms with E-state index < -0.39 is 0 Å². The van der Waals surface area contributed by atoms with Gasteiger partial charge in [-0.1, -0.05) is 5.11 Å². The predicted octanol–water partition coefficient (Wildman–Crippen LogP) is 0.464. The van der Waals surface area contributed by atoms with Crippen LogP contribution >= 0.6 is 0 Å². The van der Waals surface area contributed by atoms with Gasteiger partial charge >= 0.3 is 0 Å². The van der Waals surface area contributed by atoms with Crippen molar-refractivity contribution in [3.63, 3.8) is 0 Å². The van der Waals surface area contributed by atoms with Crippen molar-refractivity contribution in [3.05, 3.63) is 42.3 Å². The standard InChI is InChI=1S/C8H11N5O2/c1-5-6(2)8(15)13(11-7(5)14)4-3-10-12-9/h3-4H2,1-2H3,(H,11,14). The minimum absolute atomic E-state index is 0.134. The van der Waals surface area contributed by atoms with Crippen LogP contribution in [0.25, 0.3) is 10.4 Å². The van der Waals surface area contributed by atoms with Crippen molar-refractivity contribution in [1.29, 1.82) is 0 Å². The van der Waals surface area contributed by atoms with E-state index in [1.807, 2.05) is 0 Å². The molecule has 0 radical (unpaired) electrons. The van der Waals surface area contributed by atoms with Gasteiger partial charge in [-0.05, 0) is 19.4 Å². The molecule has 0 amide bonds. The summed E-state index contributed by atoms with van der Waals surface area (Å²) in [6.07, 6.45) is 0. The summed E-state index contributed by atoms with van der Waals surface area (Å²) < 4.78 is 1.15. The Bertz CT molecular complexity index is 521. The summed E-state index contributed by atoms with van der Waals surface area (Å²) in [5.74, 6) is 0. The first-order chi connectivity index (χ1) is 7.07. The molecule has 0 saturated carbocycles. The quantitative estimate of drug-likeness (QED) is 0.444. The molecular formula is C8H11N5O2. The molecule has 0 aliphatic rings. The summed E-state index contributed by atoms with van der Waals surface area (Å²) in [5, 5.41) is 5.70. The topological polar surface area (TPSA) is 104 Å². The average molecular weight is 209 g/mol. The van der Waals surface area contributed by atoms with E-state index in [1.54, 1.807) is 13.8 Å². The van der Waals surface area contributed by atoms with Gasteiger partial charge in [-0.3, -0.25) is 14.7 Å². The maximum Gasteiger partial charge on any atom is 0.268 e. The van der Waals surface area contributed by atoms with E-state index in [9.17, 15) is 9.59 Å². The van der Waals surface area contributed by atoms with Crippen LogP contribution in [0.1, 0.15) is 11.1 Å². The molecule has 0 unspecified atom stereocenters. The van der Waals surface area contributed by atoms with Gasteiger partial charge in [0, 0.05) is 29.1 Å². The summed E-state index contributed by atoms with van der Waals surface area (Å²) in [6.45, 7) is 3.50. The number of nitrogens with zero attached hydrogens (tertiary/aromatic N) is 4. The van der Waals surface area contributed by atoms with E-state index in [0.717, 1.165) is 4.68 Å². The van der Waals surface area contributed by atoms with Gasteiger partial charge < -0.3 is 0 Å². The Labute approximate surface area is 85.0 Å². The molecule has 1 heterocycles.